The number of aliphatic carboxylic acids is 1. The van der Waals surface area contributed by atoms with E-state index in [4.69, 9.17) is 9.84 Å². The lowest BCUT2D eigenvalue weighted by atomic mass is 9.95. The SMILES string of the molecule is CCC(C)(CC)NC(=O)c1cccc(OCC(=O)O)c1. The van der Waals surface area contributed by atoms with Gasteiger partial charge in [-0.2, -0.15) is 0 Å². The van der Waals surface area contributed by atoms with Crippen molar-refractivity contribution in [1.82, 2.24) is 5.32 Å². The molecule has 0 heterocycles. The van der Waals surface area contributed by atoms with Gasteiger partial charge in [0.1, 0.15) is 5.75 Å². The molecule has 1 amide bonds. The maximum atomic E-state index is 12.2. The zero-order valence-electron chi connectivity index (χ0n) is 12.1. The smallest absolute Gasteiger partial charge is 0.341 e. The van der Waals surface area contributed by atoms with E-state index in [0.717, 1.165) is 12.8 Å². The van der Waals surface area contributed by atoms with Crippen LogP contribution in [0.3, 0.4) is 0 Å². The minimum Gasteiger partial charge on any atom is -0.482 e. The molecule has 1 rings (SSSR count). The van der Waals surface area contributed by atoms with Gasteiger partial charge < -0.3 is 15.2 Å². The van der Waals surface area contributed by atoms with Gasteiger partial charge in [0.2, 0.25) is 0 Å². The maximum Gasteiger partial charge on any atom is 0.341 e. The molecule has 5 nitrogen and oxygen atoms in total. The summed E-state index contributed by atoms with van der Waals surface area (Å²) >= 11 is 0. The highest BCUT2D eigenvalue weighted by molar-refractivity contribution is 5.95. The molecule has 0 saturated carbocycles. The summed E-state index contributed by atoms with van der Waals surface area (Å²) in [6.45, 7) is 5.62. The highest BCUT2D eigenvalue weighted by Gasteiger charge is 2.22. The first-order valence-corrected chi connectivity index (χ1v) is 6.67. The predicted molar refractivity (Wildman–Crippen MR) is 76.0 cm³/mol. The average molecular weight is 279 g/mol. The Balaban J connectivity index is 2.78. The number of benzene rings is 1. The first-order valence-electron chi connectivity index (χ1n) is 6.67. The van der Waals surface area contributed by atoms with Crippen LogP contribution in [0.2, 0.25) is 0 Å². The maximum absolute atomic E-state index is 12.2. The standard InChI is InChI=1S/C15H21NO4/c1-4-15(3,5-2)16-14(19)11-7-6-8-12(9-11)20-10-13(17)18/h6-9H,4-5,10H2,1-3H3,(H,16,19)(H,17,18). The highest BCUT2D eigenvalue weighted by atomic mass is 16.5. The molecular weight excluding hydrogens is 258 g/mol. The van der Waals surface area contributed by atoms with Gasteiger partial charge in [-0.1, -0.05) is 19.9 Å². The van der Waals surface area contributed by atoms with Gasteiger partial charge in [0, 0.05) is 11.1 Å². The molecule has 2 N–H and O–H groups in total. The fourth-order valence-corrected chi connectivity index (χ4v) is 1.65. The number of ether oxygens (including phenoxy) is 1. The average Bonchev–Trinajstić information content (AvgIpc) is 2.45. The van der Waals surface area contributed by atoms with E-state index in [1.807, 2.05) is 20.8 Å². The Hall–Kier alpha value is -2.04. The van der Waals surface area contributed by atoms with Gasteiger partial charge in [-0.25, -0.2) is 4.79 Å². The molecule has 0 spiro atoms. The molecule has 110 valence electrons. The van der Waals surface area contributed by atoms with Crippen LogP contribution >= 0.6 is 0 Å². The van der Waals surface area contributed by atoms with E-state index in [2.05, 4.69) is 5.32 Å². The highest BCUT2D eigenvalue weighted by Crippen LogP contribution is 2.17. The zero-order valence-corrected chi connectivity index (χ0v) is 12.1. The minimum atomic E-state index is -1.05. The Morgan fingerprint density at radius 2 is 1.95 bits per heavy atom. The summed E-state index contributed by atoms with van der Waals surface area (Å²) in [5, 5.41) is 11.6. The van der Waals surface area contributed by atoms with Gasteiger partial charge >= 0.3 is 5.97 Å². The number of carboxylic acids is 1. The third-order valence-electron chi connectivity index (χ3n) is 3.43. The Kier molecular flexibility index (Phi) is 5.55. The number of carbonyl (C=O) groups is 2. The molecule has 0 aromatic heterocycles. The van der Waals surface area contributed by atoms with Crippen molar-refractivity contribution in [3.05, 3.63) is 29.8 Å². The second-order valence-corrected chi connectivity index (χ2v) is 4.93. The predicted octanol–water partition coefficient (Wildman–Crippen LogP) is 2.46. The Morgan fingerprint density at radius 3 is 2.50 bits per heavy atom. The van der Waals surface area contributed by atoms with Gasteiger partial charge in [-0.05, 0) is 38.0 Å². The van der Waals surface area contributed by atoms with Gasteiger partial charge in [-0.3, -0.25) is 4.79 Å². The first-order chi connectivity index (χ1) is 9.40. The lowest BCUT2D eigenvalue weighted by Crippen LogP contribution is -2.44. The second-order valence-electron chi connectivity index (χ2n) is 4.93. The molecule has 0 saturated heterocycles. The van der Waals surface area contributed by atoms with Crippen LogP contribution in [0.5, 0.6) is 5.75 Å². The van der Waals surface area contributed by atoms with Crippen molar-refractivity contribution in [2.24, 2.45) is 0 Å². The topological polar surface area (TPSA) is 75.6 Å². The number of rotatable bonds is 7. The summed E-state index contributed by atoms with van der Waals surface area (Å²) in [5.74, 6) is -0.865. The van der Waals surface area contributed by atoms with Gasteiger partial charge in [0.05, 0.1) is 0 Å². The molecule has 0 fully saturated rings. The number of hydrogen-bond acceptors (Lipinski definition) is 3. The second kappa shape index (κ2) is 6.93. The fraction of sp³-hybridized carbons (Fsp3) is 0.467. The largest absolute Gasteiger partial charge is 0.482 e. The van der Waals surface area contributed by atoms with Crippen molar-refractivity contribution in [3.63, 3.8) is 0 Å². The quantitative estimate of drug-likeness (QED) is 0.804. The van der Waals surface area contributed by atoms with E-state index >= 15 is 0 Å². The van der Waals surface area contributed by atoms with Crippen molar-refractivity contribution in [2.45, 2.75) is 39.2 Å². The molecule has 1 aromatic carbocycles. The molecule has 0 unspecified atom stereocenters. The summed E-state index contributed by atoms with van der Waals surface area (Å²) in [5.41, 5.74) is 0.218. The number of nitrogens with one attached hydrogen (secondary N) is 1. The summed E-state index contributed by atoms with van der Waals surface area (Å²) in [6, 6.07) is 6.51. The van der Waals surface area contributed by atoms with E-state index in [1.54, 1.807) is 24.3 Å². The van der Waals surface area contributed by atoms with Crippen LogP contribution in [0.1, 0.15) is 44.0 Å². The van der Waals surface area contributed by atoms with Crippen LogP contribution in [-0.4, -0.2) is 29.1 Å². The lowest BCUT2D eigenvalue weighted by Gasteiger charge is -2.28. The van der Waals surface area contributed by atoms with Gasteiger partial charge in [0.15, 0.2) is 6.61 Å². The molecule has 5 heteroatoms. The third-order valence-corrected chi connectivity index (χ3v) is 3.43. The Morgan fingerprint density at radius 1 is 1.30 bits per heavy atom. The first kappa shape index (κ1) is 16.0. The Labute approximate surface area is 118 Å². The molecule has 0 aliphatic heterocycles. The molecule has 1 aromatic rings. The van der Waals surface area contributed by atoms with E-state index in [0.29, 0.717) is 11.3 Å². The zero-order chi connectivity index (χ0) is 15.2. The number of hydrogen-bond donors (Lipinski definition) is 2. The van der Waals surface area contributed by atoms with Crippen molar-refractivity contribution < 1.29 is 19.4 Å². The fourth-order valence-electron chi connectivity index (χ4n) is 1.65. The van der Waals surface area contributed by atoms with Gasteiger partial charge in [0.25, 0.3) is 5.91 Å². The molecule has 0 radical (unpaired) electrons. The van der Waals surface area contributed by atoms with Crippen LogP contribution < -0.4 is 10.1 Å². The summed E-state index contributed by atoms with van der Waals surface area (Å²) < 4.78 is 5.06. The Bertz CT molecular complexity index is 481. The van der Waals surface area contributed by atoms with Crippen LogP contribution in [-0.2, 0) is 4.79 Å². The van der Waals surface area contributed by atoms with E-state index in [1.165, 1.54) is 0 Å². The van der Waals surface area contributed by atoms with Crippen molar-refractivity contribution in [3.8, 4) is 5.75 Å². The summed E-state index contributed by atoms with van der Waals surface area (Å²) in [7, 11) is 0. The van der Waals surface area contributed by atoms with Crippen molar-refractivity contribution in [2.75, 3.05) is 6.61 Å². The molecule has 0 aliphatic rings. The molecular formula is C15H21NO4. The normalized spacial score (nSPS) is 10.9. The lowest BCUT2D eigenvalue weighted by molar-refractivity contribution is -0.139. The third kappa shape index (κ3) is 4.57. The van der Waals surface area contributed by atoms with E-state index < -0.39 is 12.6 Å². The molecule has 0 atom stereocenters. The van der Waals surface area contributed by atoms with Crippen LogP contribution in [0.25, 0.3) is 0 Å². The number of amides is 1. The number of carbonyl (C=O) groups excluding carboxylic acids is 1. The van der Waals surface area contributed by atoms with E-state index in [9.17, 15) is 9.59 Å². The van der Waals surface area contributed by atoms with Gasteiger partial charge in [-0.15, -0.1) is 0 Å². The molecule has 0 bridgehead atoms. The monoisotopic (exact) mass is 279 g/mol. The van der Waals surface area contributed by atoms with Crippen molar-refractivity contribution in [1.29, 1.82) is 0 Å². The van der Waals surface area contributed by atoms with Crippen LogP contribution in [0, 0.1) is 0 Å². The molecule has 20 heavy (non-hydrogen) atoms. The van der Waals surface area contributed by atoms with Crippen LogP contribution in [0.4, 0.5) is 0 Å². The summed E-state index contributed by atoms with van der Waals surface area (Å²) in [4.78, 5) is 22.6. The molecule has 0 aliphatic carbocycles. The minimum absolute atomic E-state index is 0.183. The van der Waals surface area contributed by atoms with Crippen molar-refractivity contribution >= 4 is 11.9 Å². The summed E-state index contributed by atoms with van der Waals surface area (Å²) in [6.07, 6.45) is 1.68. The number of carboxylic acid groups (broad SMARTS) is 1. The van der Waals surface area contributed by atoms with Crippen LogP contribution in [0.15, 0.2) is 24.3 Å². The van der Waals surface area contributed by atoms with E-state index in [-0.39, 0.29) is 11.4 Å².